The Morgan fingerprint density at radius 2 is 1.84 bits per heavy atom. The lowest BCUT2D eigenvalue weighted by Crippen LogP contribution is -2.47. The van der Waals surface area contributed by atoms with Crippen molar-refractivity contribution in [1.82, 2.24) is 15.5 Å². The molecule has 2 atom stereocenters. The molecule has 1 saturated carbocycles. The first kappa shape index (κ1) is 28.3. The van der Waals surface area contributed by atoms with Gasteiger partial charge in [0.1, 0.15) is 6.54 Å². The average molecular weight is 569 g/mol. The van der Waals surface area contributed by atoms with Crippen molar-refractivity contribution in [3.63, 3.8) is 0 Å². The molecule has 1 aliphatic carbocycles. The van der Waals surface area contributed by atoms with Crippen molar-refractivity contribution in [2.24, 2.45) is 10.9 Å². The number of anilines is 1. The van der Waals surface area contributed by atoms with Gasteiger partial charge in [-0.15, -0.1) is 24.0 Å². The Hall–Kier alpha value is -1.72. The number of rotatable bonds is 8. The van der Waals surface area contributed by atoms with Gasteiger partial charge in [0.15, 0.2) is 5.96 Å². The fourth-order valence-electron chi connectivity index (χ4n) is 3.59. The number of alkyl halides is 3. The van der Waals surface area contributed by atoms with Crippen molar-refractivity contribution in [3.05, 3.63) is 30.3 Å². The molecular formula is C22H35F3IN5O. The van der Waals surface area contributed by atoms with Crippen LogP contribution in [0.5, 0.6) is 0 Å². The van der Waals surface area contributed by atoms with E-state index in [1.54, 1.807) is 14.1 Å². The van der Waals surface area contributed by atoms with Crippen LogP contribution in [0.3, 0.4) is 0 Å². The number of hydrogen-bond donors (Lipinski definition) is 2. The molecule has 1 aromatic rings. The van der Waals surface area contributed by atoms with Gasteiger partial charge in [-0.05, 0) is 37.8 Å². The smallest absolute Gasteiger partial charge is 0.375 e. The van der Waals surface area contributed by atoms with Crippen molar-refractivity contribution in [1.29, 1.82) is 0 Å². The van der Waals surface area contributed by atoms with E-state index in [1.807, 2.05) is 37.4 Å². The van der Waals surface area contributed by atoms with Gasteiger partial charge in [-0.1, -0.05) is 24.6 Å². The molecule has 0 radical (unpaired) electrons. The summed E-state index contributed by atoms with van der Waals surface area (Å²) in [6.07, 6.45) is -1.98. The van der Waals surface area contributed by atoms with Crippen molar-refractivity contribution in [3.8, 4) is 0 Å². The van der Waals surface area contributed by atoms with Crippen LogP contribution in [0.15, 0.2) is 35.3 Å². The van der Waals surface area contributed by atoms with Gasteiger partial charge in [0.05, 0.1) is 5.92 Å². The molecule has 2 unspecified atom stereocenters. The number of benzene rings is 1. The van der Waals surface area contributed by atoms with Gasteiger partial charge >= 0.3 is 6.18 Å². The first-order valence-corrected chi connectivity index (χ1v) is 10.7. The fraction of sp³-hybridized carbons (Fsp3) is 0.636. The highest BCUT2D eigenvalue weighted by molar-refractivity contribution is 14.0. The molecule has 0 heterocycles. The van der Waals surface area contributed by atoms with Gasteiger partial charge in [-0.3, -0.25) is 4.79 Å². The summed E-state index contributed by atoms with van der Waals surface area (Å²) >= 11 is 0. The van der Waals surface area contributed by atoms with Crippen molar-refractivity contribution in [2.75, 3.05) is 45.7 Å². The van der Waals surface area contributed by atoms with E-state index < -0.39 is 12.1 Å². The van der Waals surface area contributed by atoms with Crippen molar-refractivity contribution in [2.45, 2.75) is 44.3 Å². The molecule has 0 aliphatic heterocycles. The van der Waals surface area contributed by atoms with Crippen LogP contribution in [0.25, 0.3) is 0 Å². The molecule has 0 saturated heterocycles. The molecule has 2 rings (SSSR count). The molecule has 0 aromatic heterocycles. The van der Waals surface area contributed by atoms with E-state index in [0.29, 0.717) is 25.3 Å². The summed E-state index contributed by atoms with van der Waals surface area (Å²) in [7, 11) is 5.30. The Balaban J connectivity index is 0.00000512. The Labute approximate surface area is 206 Å². The van der Waals surface area contributed by atoms with Gasteiger partial charge < -0.3 is 20.4 Å². The number of amides is 1. The molecule has 2 N–H and O–H groups in total. The molecule has 1 aromatic carbocycles. The second-order valence-electron chi connectivity index (χ2n) is 8.24. The molecular weight excluding hydrogens is 534 g/mol. The average Bonchev–Trinajstić information content (AvgIpc) is 2.74. The summed E-state index contributed by atoms with van der Waals surface area (Å²) in [6, 6.07) is 9.70. The molecule has 6 nitrogen and oxygen atoms in total. The zero-order chi connectivity index (χ0) is 22.9. The van der Waals surface area contributed by atoms with Gasteiger partial charge in [-0.2, -0.15) is 13.2 Å². The number of para-hydroxylation sites is 1. The highest BCUT2D eigenvalue weighted by atomic mass is 127. The number of carbonyl (C=O) groups is 1. The molecule has 182 valence electrons. The lowest BCUT2D eigenvalue weighted by atomic mass is 9.85. The number of halogens is 4. The van der Waals surface area contributed by atoms with E-state index >= 15 is 0 Å². The minimum atomic E-state index is -4.17. The van der Waals surface area contributed by atoms with Crippen LogP contribution >= 0.6 is 24.0 Å². The lowest BCUT2D eigenvalue weighted by Gasteiger charge is -2.32. The summed E-state index contributed by atoms with van der Waals surface area (Å²) in [4.78, 5) is 19.8. The van der Waals surface area contributed by atoms with Crippen LogP contribution in [0.2, 0.25) is 0 Å². The normalized spacial score (nSPS) is 19.0. The number of carbonyl (C=O) groups excluding carboxylic acids is 1. The van der Waals surface area contributed by atoms with Crippen molar-refractivity contribution < 1.29 is 18.0 Å². The topological polar surface area (TPSA) is 60.0 Å². The zero-order valence-electron chi connectivity index (χ0n) is 19.0. The molecule has 1 fully saturated rings. The SMILES string of the molecule is CN(C)C(=O)CN=C(NCCCN(C)c1ccccc1)NC1CCCC(C(F)(F)F)C1.I. The highest BCUT2D eigenvalue weighted by Crippen LogP contribution is 2.37. The van der Waals surface area contributed by atoms with E-state index in [4.69, 9.17) is 0 Å². The van der Waals surface area contributed by atoms with Crippen LogP contribution in [0.1, 0.15) is 32.1 Å². The molecule has 0 spiro atoms. The third kappa shape index (κ3) is 9.83. The number of hydrogen-bond acceptors (Lipinski definition) is 3. The standard InChI is InChI=1S/C22H34F3N5O.HI/c1-29(2)20(31)16-27-21(28-18-10-7-9-17(15-18)22(23,24)25)26-13-8-14-30(3)19-11-5-4-6-12-19;/h4-6,11-12,17-18H,7-10,13-16H2,1-3H3,(H2,26,27,28);1H. The van der Waals surface area contributed by atoms with Crippen molar-refractivity contribution >= 4 is 41.5 Å². The second-order valence-corrected chi connectivity index (χ2v) is 8.24. The molecule has 0 bridgehead atoms. The maximum absolute atomic E-state index is 13.1. The number of guanidine groups is 1. The zero-order valence-corrected chi connectivity index (χ0v) is 21.3. The first-order valence-electron chi connectivity index (χ1n) is 10.7. The third-order valence-corrected chi connectivity index (χ3v) is 5.51. The Kier molecular flexibility index (Phi) is 12.2. The summed E-state index contributed by atoms with van der Waals surface area (Å²) in [5, 5.41) is 6.31. The second kappa shape index (κ2) is 13.7. The van der Waals surface area contributed by atoms with E-state index in [1.165, 1.54) is 4.90 Å². The van der Waals surface area contributed by atoms with E-state index in [-0.39, 0.29) is 55.3 Å². The predicted molar refractivity (Wildman–Crippen MR) is 134 cm³/mol. The summed E-state index contributed by atoms with van der Waals surface area (Å²) in [5.41, 5.74) is 1.12. The summed E-state index contributed by atoms with van der Waals surface area (Å²) in [5.74, 6) is -1.06. The first-order chi connectivity index (χ1) is 14.7. The number of likely N-dealkylation sites (N-methyl/N-ethyl adjacent to an activating group) is 1. The number of aliphatic imine (C=N–C) groups is 1. The van der Waals surface area contributed by atoms with Crippen LogP contribution in [-0.4, -0.2) is 69.8 Å². The maximum atomic E-state index is 13.1. The fourth-order valence-corrected chi connectivity index (χ4v) is 3.59. The quantitative estimate of drug-likeness (QED) is 0.216. The lowest BCUT2D eigenvalue weighted by molar-refractivity contribution is -0.183. The molecule has 1 aliphatic rings. The van der Waals surface area contributed by atoms with E-state index in [0.717, 1.165) is 18.7 Å². The Bertz CT molecular complexity index is 715. The maximum Gasteiger partial charge on any atom is 0.391 e. The Morgan fingerprint density at radius 1 is 1.16 bits per heavy atom. The monoisotopic (exact) mass is 569 g/mol. The molecule has 32 heavy (non-hydrogen) atoms. The van der Waals surface area contributed by atoms with E-state index in [9.17, 15) is 18.0 Å². The van der Waals surface area contributed by atoms with Crippen LogP contribution in [0, 0.1) is 5.92 Å². The van der Waals surface area contributed by atoms with Crippen LogP contribution in [0.4, 0.5) is 18.9 Å². The molecule has 1 amide bonds. The number of nitrogens with one attached hydrogen (secondary N) is 2. The number of nitrogens with zero attached hydrogens (tertiary/aromatic N) is 3. The minimum Gasteiger partial charge on any atom is -0.375 e. The largest absolute Gasteiger partial charge is 0.391 e. The summed E-state index contributed by atoms with van der Waals surface area (Å²) < 4.78 is 39.4. The predicted octanol–water partition coefficient (Wildman–Crippen LogP) is 3.88. The van der Waals surface area contributed by atoms with E-state index in [2.05, 4.69) is 20.5 Å². The van der Waals surface area contributed by atoms with Crippen LogP contribution in [-0.2, 0) is 4.79 Å². The minimum absolute atomic E-state index is 0. The summed E-state index contributed by atoms with van der Waals surface area (Å²) in [6.45, 7) is 1.34. The highest BCUT2D eigenvalue weighted by Gasteiger charge is 2.42. The van der Waals surface area contributed by atoms with Gasteiger partial charge in [0.2, 0.25) is 5.91 Å². The Morgan fingerprint density at radius 3 is 2.47 bits per heavy atom. The van der Waals surface area contributed by atoms with Gasteiger partial charge in [0, 0.05) is 46.0 Å². The van der Waals surface area contributed by atoms with Gasteiger partial charge in [0.25, 0.3) is 0 Å². The van der Waals surface area contributed by atoms with Crippen LogP contribution < -0.4 is 15.5 Å². The third-order valence-electron chi connectivity index (χ3n) is 5.51. The van der Waals surface area contributed by atoms with Gasteiger partial charge in [-0.25, -0.2) is 4.99 Å². The molecule has 10 heteroatoms.